The average Bonchev–Trinajstić information content (AvgIpc) is 2.37. The number of amides is 1. The quantitative estimate of drug-likeness (QED) is 0.842. The summed E-state index contributed by atoms with van der Waals surface area (Å²) < 4.78 is 0. The minimum Gasteiger partial charge on any atom is -0.478 e. The van der Waals surface area contributed by atoms with E-state index in [4.69, 9.17) is 5.11 Å². The fourth-order valence-electron chi connectivity index (χ4n) is 1.58. The highest BCUT2D eigenvalue weighted by atomic mass is 16.4. The lowest BCUT2D eigenvalue weighted by Gasteiger charge is -2.19. The van der Waals surface area contributed by atoms with Crippen LogP contribution in [0, 0.1) is 5.92 Å². The predicted octanol–water partition coefficient (Wildman–Crippen LogP) is 2.55. The molecule has 0 spiro atoms. The summed E-state index contributed by atoms with van der Waals surface area (Å²) in [5.74, 6) is -0.873. The monoisotopic (exact) mass is 249 g/mol. The standard InChI is InChI=1S/C14H19NO3/c1-4-9(2)10(3)15-13(16)11-6-5-7-12(8-11)14(17)18/h5-10H,4H2,1-3H3,(H,15,16)(H,17,18). The lowest BCUT2D eigenvalue weighted by atomic mass is 10.0. The van der Waals surface area contributed by atoms with Crippen LogP contribution in [0.5, 0.6) is 0 Å². The van der Waals surface area contributed by atoms with Gasteiger partial charge in [0.15, 0.2) is 0 Å². The summed E-state index contributed by atoms with van der Waals surface area (Å²) in [5, 5.41) is 11.7. The van der Waals surface area contributed by atoms with Gasteiger partial charge in [0.05, 0.1) is 5.56 Å². The molecule has 0 aliphatic heterocycles. The van der Waals surface area contributed by atoms with Crippen molar-refractivity contribution >= 4 is 11.9 Å². The van der Waals surface area contributed by atoms with Crippen molar-refractivity contribution in [3.63, 3.8) is 0 Å². The second kappa shape index (κ2) is 6.19. The Morgan fingerprint density at radius 1 is 1.28 bits per heavy atom. The lowest BCUT2D eigenvalue weighted by molar-refractivity contribution is 0.0697. The molecule has 1 rings (SSSR count). The van der Waals surface area contributed by atoms with Gasteiger partial charge in [0.1, 0.15) is 0 Å². The van der Waals surface area contributed by atoms with E-state index in [1.165, 1.54) is 12.1 Å². The molecule has 0 fully saturated rings. The molecular weight excluding hydrogens is 230 g/mol. The smallest absolute Gasteiger partial charge is 0.335 e. The number of nitrogens with one attached hydrogen (secondary N) is 1. The fraction of sp³-hybridized carbons (Fsp3) is 0.429. The third-order valence-corrected chi connectivity index (χ3v) is 3.23. The van der Waals surface area contributed by atoms with Crippen LogP contribution in [0.1, 0.15) is 47.9 Å². The van der Waals surface area contributed by atoms with Gasteiger partial charge in [-0.05, 0) is 31.0 Å². The SMILES string of the molecule is CCC(C)C(C)NC(=O)c1cccc(C(=O)O)c1. The molecule has 2 atom stereocenters. The van der Waals surface area contributed by atoms with Crippen LogP contribution in [0.3, 0.4) is 0 Å². The molecule has 0 aliphatic rings. The first kappa shape index (κ1) is 14.2. The van der Waals surface area contributed by atoms with Crippen LogP contribution in [0.2, 0.25) is 0 Å². The van der Waals surface area contributed by atoms with Crippen LogP contribution in [-0.2, 0) is 0 Å². The van der Waals surface area contributed by atoms with Crippen LogP contribution in [0.15, 0.2) is 24.3 Å². The minimum atomic E-state index is -1.03. The molecule has 0 heterocycles. The van der Waals surface area contributed by atoms with Gasteiger partial charge in [-0.25, -0.2) is 4.79 Å². The van der Waals surface area contributed by atoms with Crippen molar-refractivity contribution < 1.29 is 14.7 Å². The lowest BCUT2D eigenvalue weighted by Crippen LogP contribution is -2.36. The zero-order valence-electron chi connectivity index (χ0n) is 10.9. The average molecular weight is 249 g/mol. The number of hydrogen-bond acceptors (Lipinski definition) is 2. The van der Waals surface area contributed by atoms with Crippen molar-refractivity contribution in [2.75, 3.05) is 0 Å². The molecule has 2 N–H and O–H groups in total. The highest BCUT2D eigenvalue weighted by Crippen LogP contribution is 2.09. The normalized spacial score (nSPS) is 13.7. The highest BCUT2D eigenvalue weighted by Gasteiger charge is 2.15. The Morgan fingerprint density at radius 3 is 2.44 bits per heavy atom. The number of rotatable bonds is 5. The third-order valence-electron chi connectivity index (χ3n) is 3.23. The van der Waals surface area contributed by atoms with Gasteiger partial charge in [-0.2, -0.15) is 0 Å². The molecule has 4 heteroatoms. The van der Waals surface area contributed by atoms with Gasteiger partial charge in [0.2, 0.25) is 0 Å². The van der Waals surface area contributed by atoms with Crippen LogP contribution >= 0.6 is 0 Å². The van der Waals surface area contributed by atoms with Gasteiger partial charge >= 0.3 is 5.97 Å². The van der Waals surface area contributed by atoms with Crippen molar-refractivity contribution in [2.24, 2.45) is 5.92 Å². The van der Waals surface area contributed by atoms with Gasteiger partial charge < -0.3 is 10.4 Å². The van der Waals surface area contributed by atoms with Crippen LogP contribution in [-0.4, -0.2) is 23.0 Å². The van der Waals surface area contributed by atoms with Crippen LogP contribution < -0.4 is 5.32 Å². The summed E-state index contributed by atoms with van der Waals surface area (Å²) in [6, 6.07) is 6.12. The van der Waals surface area contributed by atoms with E-state index in [0.29, 0.717) is 11.5 Å². The molecular formula is C14H19NO3. The summed E-state index contributed by atoms with van der Waals surface area (Å²) in [7, 11) is 0. The maximum absolute atomic E-state index is 11.9. The Balaban J connectivity index is 2.78. The van der Waals surface area contributed by atoms with E-state index in [1.54, 1.807) is 12.1 Å². The summed E-state index contributed by atoms with van der Waals surface area (Å²) in [4.78, 5) is 22.8. The molecule has 0 saturated heterocycles. The maximum Gasteiger partial charge on any atom is 0.335 e. The minimum absolute atomic E-state index is 0.0657. The van der Waals surface area contributed by atoms with Crippen LogP contribution in [0.4, 0.5) is 0 Å². The van der Waals surface area contributed by atoms with Gasteiger partial charge in [-0.3, -0.25) is 4.79 Å². The number of hydrogen-bond donors (Lipinski definition) is 2. The second-order valence-electron chi connectivity index (χ2n) is 4.53. The van der Waals surface area contributed by atoms with E-state index in [0.717, 1.165) is 6.42 Å². The number of carbonyl (C=O) groups excluding carboxylic acids is 1. The van der Waals surface area contributed by atoms with Crippen LogP contribution in [0.25, 0.3) is 0 Å². The summed E-state index contributed by atoms with van der Waals surface area (Å²) in [5.41, 5.74) is 0.504. The number of carboxylic acid groups (broad SMARTS) is 1. The van der Waals surface area contributed by atoms with E-state index in [-0.39, 0.29) is 17.5 Å². The topological polar surface area (TPSA) is 66.4 Å². The number of carbonyl (C=O) groups is 2. The van der Waals surface area contributed by atoms with Gasteiger partial charge in [0, 0.05) is 11.6 Å². The van der Waals surface area contributed by atoms with E-state index >= 15 is 0 Å². The van der Waals surface area contributed by atoms with E-state index in [9.17, 15) is 9.59 Å². The fourth-order valence-corrected chi connectivity index (χ4v) is 1.58. The Kier molecular flexibility index (Phi) is 4.89. The molecule has 4 nitrogen and oxygen atoms in total. The van der Waals surface area contributed by atoms with E-state index < -0.39 is 5.97 Å². The van der Waals surface area contributed by atoms with Gasteiger partial charge in [0.25, 0.3) is 5.91 Å². The van der Waals surface area contributed by atoms with Crippen molar-refractivity contribution in [2.45, 2.75) is 33.2 Å². The summed E-state index contributed by atoms with van der Waals surface area (Å²) in [6.45, 7) is 6.09. The third kappa shape index (κ3) is 3.58. The molecule has 0 aliphatic carbocycles. The molecule has 0 aromatic heterocycles. The molecule has 98 valence electrons. The molecule has 1 amide bonds. The molecule has 0 saturated carbocycles. The van der Waals surface area contributed by atoms with Crippen molar-refractivity contribution in [3.8, 4) is 0 Å². The van der Waals surface area contributed by atoms with Crippen molar-refractivity contribution in [1.29, 1.82) is 0 Å². The zero-order valence-corrected chi connectivity index (χ0v) is 10.9. The molecule has 18 heavy (non-hydrogen) atoms. The summed E-state index contributed by atoms with van der Waals surface area (Å²) in [6.07, 6.45) is 0.983. The predicted molar refractivity (Wildman–Crippen MR) is 69.8 cm³/mol. The summed E-state index contributed by atoms with van der Waals surface area (Å²) >= 11 is 0. The van der Waals surface area contributed by atoms with Gasteiger partial charge in [-0.15, -0.1) is 0 Å². The molecule has 0 bridgehead atoms. The first-order chi connectivity index (χ1) is 8.45. The first-order valence-electron chi connectivity index (χ1n) is 6.10. The molecule has 1 aromatic rings. The Bertz CT molecular complexity index is 442. The Hall–Kier alpha value is -1.84. The van der Waals surface area contributed by atoms with Gasteiger partial charge in [-0.1, -0.05) is 26.3 Å². The largest absolute Gasteiger partial charge is 0.478 e. The number of carboxylic acids is 1. The number of benzene rings is 1. The molecule has 0 radical (unpaired) electrons. The zero-order chi connectivity index (χ0) is 13.7. The second-order valence-corrected chi connectivity index (χ2v) is 4.53. The van der Waals surface area contributed by atoms with Crippen molar-refractivity contribution in [1.82, 2.24) is 5.32 Å². The molecule has 2 unspecified atom stereocenters. The Morgan fingerprint density at radius 2 is 1.89 bits per heavy atom. The van der Waals surface area contributed by atoms with E-state index in [1.807, 2.05) is 6.92 Å². The van der Waals surface area contributed by atoms with Crippen molar-refractivity contribution in [3.05, 3.63) is 35.4 Å². The highest BCUT2D eigenvalue weighted by molar-refractivity contribution is 5.97. The first-order valence-corrected chi connectivity index (χ1v) is 6.10. The Labute approximate surface area is 107 Å². The number of aromatic carboxylic acids is 1. The maximum atomic E-state index is 11.9. The molecule has 1 aromatic carbocycles. The van der Waals surface area contributed by atoms with E-state index in [2.05, 4.69) is 19.2 Å².